The van der Waals surface area contributed by atoms with Crippen LogP contribution in [0, 0.1) is 0 Å². The predicted molar refractivity (Wildman–Crippen MR) is 137 cm³/mol. The first-order valence-electron chi connectivity index (χ1n) is 11.5. The number of nitrogens with two attached hydrogens (primary N) is 1. The van der Waals surface area contributed by atoms with E-state index in [2.05, 4.69) is 10.4 Å². The second-order valence-corrected chi connectivity index (χ2v) is 9.07. The average Bonchev–Trinajstić information content (AvgIpc) is 3.53. The number of halogens is 1. The molecule has 0 saturated carbocycles. The Kier molecular flexibility index (Phi) is 5.49. The topological polar surface area (TPSA) is 118 Å². The molecule has 37 heavy (non-hydrogen) atoms. The van der Waals surface area contributed by atoms with Gasteiger partial charge in [-0.25, -0.2) is 4.68 Å². The van der Waals surface area contributed by atoms with E-state index in [0.717, 1.165) is 22.4 Å². The van der Waals surface area contributed by atoms with Gasteiger partial charge in [0.1, 0.15) is 5.75 Å². The zero-order chi connectivity index (χ0) is 25.7. The Bertz CT molecular complexity index is 1600. The normalized spacial score (nSPS) is 13.0. The van der Waals surface area contributed by atoms with Crippen LogP contribution in [0.15, 0.2) is 54.6 Å². The van der Waals surface area contributed by atoms with Crippen LogP contribution in [-0.4, -0.2) is 35.5 Å². The molecule has 0 atom stereocenters. The highest BCUT2D eigenvalue weighted by Gasteiger charge is 2.29. The maximum atomic E-state index is 13.1. The van der Waals surface area contributed by atoms with Crippen molar-refractivity contribution < 1.29 is 23.8 Å². The summed E-state index contributed by atoms with van der Waals surface area (Å²) in [6.07, 6.45) is 1.31. The van der Waals surface area contributed by atoms with Crippen LogP contribution in [0.1, 0.15) is 32.0 Å². The summed E-state index contributed by atoms with van der Waals surface area (Å²) >= 11 is 6.27. The molecule has 10 heteroatoms. The fourth-order valence-corrected chi connectivity index (χ4v) is 4.93. The number of benzene rings is 3. The van der Waals surface area contributed by atoms with Gasteiger partial charge in [-0.2, -0.15) is 5.10 Å². The lowest BCUT2D eigenvalue weighted by molar-refractivity contribution is 0.0992. The molecule has 0 radical (unpaired) electrons. The van der Waals surface area contributed by atoms with Gasteiger partial charge in [0.2, 0.25) is 6.79 Å². The first-order valence-corrected chi connectivity index (χ1v) is 11.9. The maximum absolute atomic E-state index is 13.1. The second-order valence-electron chi connectivity index (χ2n) is 8.66. The number of anilines is 1. The minimum atomic E-state index is -0.601. The molecule has 2 aliphatic rings. The number of hydrogen-bond donors (Lipinski definition) is 2. The Balaban J connectivity index is 1.43. The second kappa shape index (κ2) is 8.86. The molecule has 1 aliphatic carbocycles. The molecule has 0 fully saturated rings. The number of primary amides is 1. The fourth-order valence-electron chi connectivity index (χ4n) is 4.72. The van der Waals surface area contributed by atoms with Gasteiger partial charge in [0.25, 0.3) is 11.8 Å². The van der Waals surface area contributed by atoms with Crippen molar-refractivity contribution in [1.82, 2.24) is 9.78 Å². The molecule has 6 rings (SSSR count). The van der Waals surface area contributed by atoms with Crippen molar-refractivity contribution in [1.29, 1.82) is 0 Å². The zero-order valence-corrected chi connectivity index (χ0v) is 20.5. The number of ether oxygens (including phenoxy) is 3. The van der Waals surface area contributed by atoms with E-state index in [0.29, 0.717) is 52.1 Å². The van der Waals surface area contributed by atoms with Gasteiger partial charge in [0.05, 0.1) is 29.1 Å². The lowest BCUT2D eigenvalue weighted by Gasteiger charge is -2.20. The molecule has 9 nitrogen and oxygen atoms in total. The highest BCUT2D eigenvalue weighted by Crippen LogP contribution is 2.40. The van der Waals surface area contributed by atoms with Gasteiger partial charge in [-0.1, -0.05) is 17.7 Å². The molecule has 186 valence electrons. The van der Waals surface area contributed by atoms with E-state index in [9.17, 15) is 9.59 Å². The van der Waals surface area contributed by atoms with E-state index in [1.165, 1.54) is 7.11 Å². The van der Waals surface area contributed by atoms with Crippen molar-refractivity contribution in [2.24, 2.45) is 5.73 Å². The third kappa shape index (κ3) is 3.93. The Morgan fingerprint density at radius 2 is 1.89 bits per heavy atom. The summed E-state index contributed by atoms with van der Waals surface area (Å²) in [7, 11) is 1.52. The number of aromatic nitrogens is 2. The van der Waals surface area contributed by atoms with Gasteiger partial charge < -0.3 is 25.3 Å². The summed E-state index contributed by atoms with van der Waals surface area (Å²) in [4.78, 5) is 25.3. The lowest BCUT2D eigenvalue weighted by atomic mass is 9.88. The minimum absolute atomic E-state index is 0.145. The molecular weight excluding hydrogens is 496 g/mol. The van der Waals surface area contributed by atoms with Crippen molar-refractivity contribution in [2.45, 2.75) is 12.8 Å². The Morgan fingerprint density at radius 3 is 2.70 bits per heavy atom. The molecule has 3 aromatic carbocycles. The van der Waals surface area contributed by atoms with Crippen LogP contribution in [0.25, 0.3) is 16.9 Å². The van der Waals surface area contributed by atoms with Gasteiger partial charge in [-0.15, -0.1) is 0 Å². The molecule has 3 N–H and O–H groups in total. The molecule has 0 saturated heterocycles. The number of carbonyl (C=O) groups excluding carboxylic acids is 2. The Hall–Kier alpha value is -4.50. The number of hydrogen-bond acceptors (Lipinski definition) is 6. The standard InChI is InChI=1S/C27H21ClN4O5/c1-35-17-6-8-21(28)20(12-17)27(34)30-15-4-2-14-3-7-18-24(26(29)33)31-32(25(18)19(14)10-15)16-5-9-22-23(11-16)37-13-36-22/h2,4-6,8-12H,3,7,13H2,1H3,(H2,29,33)(H,30,34). The van der Waals surface area contributed by atoms with Crippen molar-refractivity contribution in [3.8, 4) is 34.2 Å². The van der Waals surface area contributed by atoms with Crippen molar-refractivity contribution in [3.05, 3.63) is 82.0 Å². The number of nitrogens with zero attached hydrogens (tertiary/aromatic N) is 2. The van der Waals surface area contributed by atoms with E-state index in [4.69, 9.17) is 31.5 Å². The first-order chi connectivity index (χ1) is 17.9. The van der Waals surface area contributed by atoms with Gasteiger partial charge in [0, 0.05) is 22.9 Å². The van der Waals surface area contributed by atoms with Crippen LogP contribution in [-0.2, 0) is 12.8 Å². The molecule has 0 bridgehead atoms. The van der Waals surface area contributed by atoms with Crippen LogP contribution in [0.4, 0.5) is 5.69 Å². The van der Waals surface area contributed by atoms with Gasteiger partial charge >= 0.3 is 0 Å². The number of rotatable bonds is 5. The summed E-state index contributed by atoms with van der Waals surface area (Å²) < 4.78 is 17.9. The summed E-state index contributed by atoms with van der Waals surface area (Å²) in [5.41, 5.74) is 10.9. The fraction of sp³-hybridized carbons (Fsp3) is 0.148. The first kappa shape index (κ1) is 22.9. The van der Waals surface area contributed by atoms with Crippen molar-refractivity contribution in [2.75, 3.05) is 19.2 Å². The quantitative estimate of drug-likeness (QED) is 0.406. The summed E-state index contributed by atoms with van der Waals surface area (Å²) in [6.45, 7) is 0.145. The molecule has 1 aliphatic heterocycles. The molecular formula is C27H21ClN4O5. The largest absolute Gasteiger partial charge is 0.497 e. The third-order valence-electron chi connectivity index (χ3n) is 6.50. The summed E-state index contributed by atoms with van der Waals surface area (Å²) in [5, 5.41) is 7.81. The van der Waals surface area contributed by atoms with E-state index < -0.39 is 5.91 Å². The van der Waals surface area contributed by atoms with Crippen LogP contribution in [0.3, 0.4) is 0 Å². The highest BCUT2D eigenvalue weighted by molar-refractivity contribution is 6.34. The predicted octanol–water partition coefficient (Wildman–Crippen LogP) is 4.38. The van der Waals surface area contributed by atoms with Crippen molar-refractivity contribution >= 4 is 29.1 Å². The summed E-state index contributed by atoms with van der Waals surface area (Å²) in [5.74, 6) is 0.783. The van der Waals surface area contributed by atoms with E-state index >= 15 is 0 Å². The molecule has 2 amide bonds. The van der Waals surface area contributed by atoms with Crippen LogP contribution in [0.5, 0.6) is 17.2 Å². The molecule has 2 heterocycles. The van der Waals surface area contributed by atoms with Crippen LogP contribution < -0.4 is 25.3 Å². The number of aryl methyl sites for hydroxylation is 1. The smallest absolute Gasteiger partial charge is 0.269 e. The van der Waals surface area contributed by atoms with Crippen molar-refractivity contribution in [3.63, 3.8) is 0 Å². The van der Waals surface area contributed by atoms with Gasteiger partial charge in [0.15, 0.2) is 17.2 Å². The number of nitrogens with one attached hydrogen (secondary N) is 1. The number of methoxy groups -OCH3 is 1. The Labute approximate surface area is 216 Å². The van der Waals surface area contributed by atoms with Crippen LogP contribution in [0.2, 0.25) is 5.02 Å². The minimum Gasteiger partial charge on any atom is -0.497 e. The SMILES string of the molecule is COc1ccc(Cl)c(C(=O)Nc2ccc3c(c2)-c2c(c(C(N)=O)nn2-c2ccc4c(c2)OCO4)CC3)c1. The van der Waals surface area contributed by atoms with Gasteiger partial charge in [-0.3, -0.25) is 9.59 Å². The third-order valence-corrected chi connectivity index (χ3v) is 6.83. The van der Waals surface area contributed by atoms with E-state index in [1.54, 1.807) is 28.9 Å². The number of amides is 2. The number of fused-ring (bicyclic) bond motifs is 4. The lowest BCUT2D eigenvalue weighted by Crippen LogP contribution is -2.16. The highest BCUT2D eigenvalue weighted by atomic mass is 35.5. The maximum Gasteiger partial charge on any atom is 0.269 e. The molecule has 0 unspecified atom stereocenters. The summed E-state index contributed by atoms with van der Waals surface area (Å²) in [6, 6.07) is 16.0. The monoisotopic (exact) mass is 516 g/mol. The van der Waals surface area contributed by atoms with E-state index in [-0.39, 0.29) is 18.4 Å². The van der Waals surface area contributed by atoms with Crippen LogP contribution >= 0.6 is 11.6 Å². The van der Waals surface area contributed by atoms with E-state index in [1.807, 2.05) is 30.3 Å². The average molecular weight is 517 g/mol. The van der Waals surface area contributed by atoms with Gasteiger partial charge in [-0.05, 0) is 60.9 Å². The molecule has 4 aromatic rings. The molecule has 0 spiro atoms. The Morgan fingerprint density at radius 1 is 1.05 bits per heavy atom. The zero-order valence-electron chi connectivity index (χ0n) is 19.7. The number of carbonyl (C=O) groups is 2. The molecule has 1 aromatic heterocycles.